The molecule has 18 heavy (non-hydrogen) atoms. The molecule has 1 aliphatic heterocycles. The van der Waals surface area contributed by atoms with Crippen molar-refractivity contribution < 1.29 is 13.2 Å². The fourth-order valence-electron chi connectivity index (χ4n) is 2.28. The van der Waals surface area contributed by atoms with E-state index >= 15 is 0 Å². The molecule has 0 aliphatic carbocycles. The molecule has 1 fully saturated rings. The van der Waals surface area contributed by atoms with E-state index in [-0.39, 0.29) is 23.5 Å². The van der Waals surface area contributed by atoms with Gasteiger partial charge < -0.3 is 4.90 Å². The van der Waals surface area contributed by atoms with Gasteiger partial charge in [0, 0.05) is 17.5 Å². The smallest absolute Gasteiger partial charge is 0.264 e. The second-order valence-corrected chi connectivity index (χ2v) is 8.07. The highest BCUT2D eigenvalue weighted by molar-refractivity contribution is 7.91. The van der Waals surface area contributed by atoms with Crippen molar-refractivity contribution in [2.75, 3.05) is 18.1 Å². The van der Waals surface area contributed by atoms with Crippen LogP contribution >= 0.6 is 11.3 Å². The van der Waals surface area contributed by atoms with Crippen molar-refractivity contribution in [2.24, 2.45) is 0 Å². The molecule has 1 amide bonds. The first-order valence-electron chi connectivity index (χ1n) is 6.01. The van der Waals surface area contributed by atoms with Crippen molar-refractivity contribution in [2.45, 2.75) is 26.3 Å². The molecule has 1 atom stereocenters. The molecule has 0 N–H and O–H groups in total. The van der Waals surface area contributed by atoms with Gasteiger partial charge in [-0.05, 0) is 32.4 Å². The van der Waals surface area contributed by atoms with Gasteiger partial charge in [-0.1, -0.05) is 0 Å². The second kappa shape index (κ2) is 5.01. The Morgan fingerprint density at radius 1 is 1.50 bits per heavy atom. The van der Waals surface area contributed by atoms with Gasteiger partial charge >= 0.3 is 0 Å². The van der Waals surface area contributed by atoms with Crippen LogP contribution in [0.25, 0.3) is 0 Å². The fourth-order valence-corrected chi connectivity index (χ4v) is 4.83. The molecule has 2 heterocycles. The molecule has 0 bridgehead atoms. The van der Waals surface area contributed by atoms with E-state index in [1.165, 1.54) is 11.3 Å². The fraction of sp³-hybridized carbons (Fsp3) is 0.583. The average molecular weight is 287 g/mol. The van der Waals surface area contributed by atoms with Crippen LogP contribution in [0, 0.1) is 6.92 Å². The van der Waals surface area contributed by atoms with Crippen LogP contribution in [0.3, 0.4) is 0 Å². The monoisotopic (exact) mass is 287 g/mol. The Morgan fingerprint density at radius 2 is 2.22 bits per heavy atom. The Hall–Kier alpha value is -0.880. The van der Waals surface area contributed by atoms with Crippen molar-refractivity contribution >= 4 is 27.1 Å². The van der Waals surface area contributed by atoms with Crippen molar-refractivity contribution in [1.29, 1.82) is 0 Å². The van der Waals surface area contributed by atoms with Gasteiger partial charge in [0.25, 0.3) is 5.91 Å². The minimum absolute atomic E-state index is 0.0438. The number of thiophene rings is 1. The molecule has 0 aromatic carbocycles. The summed E-state index contributed by atoms with van der Waals surface area (Å²) in [5.41, 5.74) is 0. The largest absolute Gasteiger partial charge is 0.334 e. The van der Waals surface area contributed by atoms with E-state index in [9.17, 15) is 13.2 Å². The topological polar surface area (TPSA) is 54.5 Å². The highest BCUT2D eigenvalue weighted by Crippen LogP contribution is 2.23. The molecule has 100 valence electrons. The summed E-state index contributed by atoms with van der Waals surface area (Å²) in [7, 11) is -2.95. The van der Waals surface area contributed by atoms with Crippen molar-refractivity contribution in [3.05, 3.63) is 21.9 Å². The SMILES string of the molecule is CCN(C(=O)c1ccc(C)s1)C1CCS(=O)(=O)C1. The predicted molar refractivity (Wildman–Crippen MR) is 72.8 cm³/mol. The van der Waals surface area contributed by atoms with Crippen molar-refractivity contribution in [3.63, 3.8) is 0 Å². The van der Waals surface area contributed by atoms with Crippen LogP contribution in [-0.4, -0.2) is 43.3 Å². The summed E-state index contributed by atoms with van der Waals surface area (Å²) in [5, 5.41) is 0. The summed E-state index contributed by atoms with van der Waals surface area (Å²) in [6.45, 7) is 4.40. The van der Waals surface area contributed by atoms with Crippen LogP contribution in [0.5, 0.6) is 0 Å². The molecule has 0 radical (unpaired) electrons. The van der Waals surface area contributed by atoms with Crippen molar-refractivity contribution in [3.8, 4) is 0 Å². The lowest BCUT2D eigenvalue weighted by atomic mass is 10.2. The molecule has 1 aliphatic rings. The zero-order valence-corrected chi connectivity index (χ0v) is 12.2. The molecule has 1 aromatic heterocycles. The Morgan fingerprint density at radius 3 is 2.67 bits per heavy atom. The standard InChI is InChI=1S/C12H17NO3S2/c1-3-13(10-6-7-18(15,16)8-10)12(14)11-5-4-9(2)17-11/h4-5,10H,3,6-8H2,1-2H3. The first-order valence-corrected chi connectivity index (χ1v) is 8.64. The maximum atomic E-state index is 12.3. The molecular weight excluding hydrogens is 270 g/mol. The lowest BCUT2D eigenvalue weighted by Crippen LogP contribution is -2.40. The third kappa shape index (κ3) is 2.75. The number of amides is 1. The number of aryl methyl sites for hydroxylation is 1. The Bertz CT molecular complexity index is 547. The van der Waals surface area contributed by atoms with Crippen LogP contribution in [-0.2, 0) is 9.84 Å². The molecule has 4 nitrogen and oxygen atoms in total. The van der Waals surface area contributed by atoms with E-state index in [1.807, 2.05) is 26.0 Å². The minimum atomic E-state index is -2.95. The average Bonchev–Trinajstić information content (AvgIpc) is 2.86. The number of hydrogen-bond donors (Lipinski definition) is 0. The second-order valence-electron chi connectivity index (χ2n) is 4.56. The minimum Gasteiger partial charge on any atom is -0.334 e. The summed E-state index contributed by atoms with van der Waals surface area (Å²) < 4.78 is 23.0. The molecular formula is C12H17NO3S2. The highest BCUT2D eigenvalue weighted by atomic mass is 32.2. The van der Waals surface area contributed by atoms with E-state index in [0.29, 0.717) is 17.8 Å². The summed E-state index contributed by atoms with van der Waals surface area (Å²) in [6, 6.07) is 3.57. The quantitative estimate of drug-likeness (QED) is 0.850. The van der Waals surface area contributed by atoms with Gasteiger partial charge in [-0.25, -0.2) is 8.42 Å². The van der Waals surface area contributed by atoms with Gasteiger partial charge in [0.2, 0.25) is 0 Å². The van der Waals surface area contributed by atoms with Crippen LogP contribution in [0.15, 0.2) is 12.1 Å². The zero-order chi connectivity index (χ0) is 13.3. The van der Waals surface area contributed by atoms with E-state index in [0.717, 1.165) is 4.88 Å². The third-order valence-corrected chi connectivity index (χ3v) is 5.94. The Labute approximate surface area is 112 Å². The summed E-state index contributed by atoms with van der Waals surface area (Å²) in [5.74, 6) is 0.264. The van der Waals surface area contributed by atoms with Gasteiger partial charge in [0.05, 0.1) is 16.4 Å². The zero-order valence-electron chi connectivity index (χ0n) is 10.5. The van der Waals surface area contributed by atoms with Crippen LogP contribution in [0.4, 0.5) is 0 Å². The molecule has 1 aromatic rings. The Balaban J connectivity index is 2.17. The van der Waals surface area contributed by atoms with E-state index in [1.54, 1.807) is 4.90 Å². The maximum Gasteiger partial charge on any atom is 0.264 e. The van der Waals surface area contributed by atoms with Crippen LogP contribution < -0.4 is 0 Å². The number of hydrogen-bond acceptors (Lipinski definition) is 4. The van der Waals surface area contributed by atoms with E-state index < -0.39 is 9.84 Å². The molecule has 1 unspecified atom stereocenters. The predicted octanol–water partition coefficient (Wildman–Crippen LogP) is 1.71. The molecule has 0 spiro atoms. The number of carbonyl (C=O) groups excluding carboxylic acids is 1. The first kappa shape index (κ1) is 13.5. The number of carbonyl (C=O) groups is 1. The normalized spacial score (nSPS) is 22.0. The summed E-state index contributed by atoms with van der Waals surface area (Å²) in [4.78, 5) is 15.8. The van der Waals surface area contributed by atoms with E-state index in [2.05, 4.69) is 0 Å². The molecule has 1 saturated heterocycles. The summed E-state index contributed by atoms with van der Waals surface area (Å²) in [6.07, 6.45) is 0.562. The number of sulfone groups is 1. The summed E-state index contributed by atoms with van der Waals surface area (Å²) >= 11 is 1.46. The number of nitrogens with zero attached hydrogens (tertiary/aromatic N) is 1. The van der Waals surface area contributed by atoms with Gasteiger partial charge in [-0.15, -0.1) is 11.3 Å². The van der Waals surface area contributed by atoms with Gasteiger partial charge in [-0.2, -0.15) is 0 Å². The Kier molecular flexibility index (Phi) is 3.77. The van der Waals surface area contributed by atoms with Gasteiger partial charge in [-0.3, -0.25) is 4.79 Å². The number of rotatable bonds is 3. The lowest BCUT2D eigenvalue weighted by molar-refractivity contribution is 0.0713. The van der Waals surface area contributed by atoms with Crippen LogP contribution in [0.1, 0.15) is 27.9 Å². The molecule has 6 heteroatoms. The van der Waals surface area contributed by atoms with E-state index in [4.69, 9.17) is 0 Å². The highest BCUT2D eigenvalue weighted by Gasteiger charge is 2.34. The van der Waals surface area contributed by atoms with Crippen molar-refractivity contribution in [1.82, 2.24) is 4.90 Å². The van der Waals surface area contributed by atoms with Gasteiger partial charge in [0.1, 0.15) is 0 Å². The first-order chi connectivity index (χ1) is 8.43. The molecule has 2 rings (SSSR count). The lowest BCUT2D eigenvalue weighted by Gasteiger charge is -2.26. The third-order valence-electron chi connectivity index (χ3n) is 3.20. The maximum absolute atomic E-state index is 12.3. The van der Waals surface area contributed by atoms with Crippen LogP contribution in [0.2, 0.25) is 0 Å². The molecule has 0 saturated carbocycles. The van der Waals surface area contributed by atoms with Gasteiger partial charge in [0.15, 0.2) is 9.84 Å².